The first-order valence-corrected chi connectivity index (χ1v) is 12.3. The number of aryl methyl sites for hydroxylation is 1. The number of allylic oxidation sites excluding steroid dienone is 1. The Morgan fingerprint density at radius 2 is 1.54 bits per heavy atom. The molecule has 0 aliphatic carbocycles. The molecule has 1 aromatic rings. The van der Waals surface area contributed by atoms with Crippen LogP contribution in [0.1, 0.15) is 47.1 Å². The highest BCUT2D eigenvalue weighted by atomic mass is 32.2. The standard InChI is InChI=1S/C19H31N2O5PS/c1-14(2)19(12-13-27(22,25-15(3)4)26-16(5)6)20-21-28(23,24)18-10-8-17(7)9-11-18/h8-16,21H,1-7H3/b13-12+,20-19+. The molecule has 0 aliphatic heterocycles. The molecule has 1 N–H and O–H groups in total. The van der Waals surface area contributed by atoms with Crippen molar-refractivity contribution >= 4 is 23.3 Å². The molecule has 0 bridgehead atoms. The molecule has 28 heavy (non-hydrogen) atoms. The zero-order valence-corrected chi connectivity index (χ0v) is 19.3. The quantitative estimate of drug-likeness (QED) is 0.326. The van der Waals surface area contributed by atoms with Crippen LogP contribution in [0.5, 0.6) is 0 Å². The SMILES string of the molecule is Cc1ccc(S(=O)(=O)N/N=C(\C=C\P(=O)(OC(C)C)OC(C)C)C(C)C)cc1. The van der Waals surface area contributed by atoms with Crippen LogP contribution in [0.2, 0.25) is 0 Å². The van der Waals surface area contributed by atoms with E-state index in [0.717, 1.165) is 5.56 Å². The van der Waals surface area contributed by atoms with Crippen LogP contribution >= 0.6 is 7.60 Å². The number of hydrazone groups is 1. The minimum Gasteiger partial charge on any atom is -0.303 e. The van der Waals surface area contributed by atoms with Crippen LogP contribution in [-0.2, 0) is 23.6 Å². The van der Waals surface area contributed by atoms with Crippen molar-refractivity contribution in [2.45, 2.75) is 65.6 Å². The van der Waals surface area contributed by atoms with Crippen LogP contribution in [0.25, 0.3) is 0 Å². The molecular weight excluding hydrogens is 399 g/mol. The van der Waals surface area contributed by atoms with E-state index in [-0.39, 0.29) is 23.0 Å². The molecule has 0 saturated heterocycles. The highest BCUT2D eigenvalue weighted by molar-refractivity contribution is 7.89. The van der Waals surface area contributed by atoms with Gasteiger partial charge in [0.15, 0.2) is 0 Å². The molecule has 0 aromatic heterocycles. The molecule has 0 unspecified atom stereocenters. The molecule has 9 heteroatoms. The summed E-state index contributed by atoms with van der Waals surface area (Å²) in [4.78, 5) is 2.35. The normalized spacial score (nSPS) is 13.9. The van der Waals surface area contributed by atoms with Gasteiger partial charge in [-0.05, 0) is 58.7 Å². The van der Waals surface area contributed by atoms with Crippen molar-refractivity contribution in [3.8, 4) is 0 Å². The molecule has 7 nitrogen and oxygen atoms in total. The number of nitrogens with one attached hydrogen (secondary N) is 1. The van der Waals surface area contributed by atoms with E-state index in [0.29, 0.717) is 5.71 Å². The number of nitrogens with zero attached hydrogens (tertiary/aromatic N) is 1. The van der Waals surface area contributed by atoms with E-state index in [2.05, 4.69) is 9.93 Å². The maximum atomic E-state index is 12.9. The Hall–Kier alpha value is -1.47. The van der Waals surface area contributed by atoms with E-state index in [4.69, 9.17) is 9.05 Å². The lowest BCUT2D eigenvalue weighted by Gasteiger charge is -2.20. The third-order valence-corrected chi connectivity index (χ3v) is 6.53. The summed E-state index contributed by atoms with van der Waals surface area (Å²) in [5, 5.41) is 4.01. The summed E-state index contributed by atoms with van der Waals surface area (Å²) >= 11 is 0. The average Bonchev–Trinajstić information content (AvgIpc) is 2.53. The summed E-state index contributed by atoms with van der Waals surface area (Å²) in [5.41, 5.74) is 1.36. The van der Waals surface area contributed by atoms with E-state index in [1.165, 1.54) is 24.0 Å². The number of hydrogen-bond donors (Lipinski definition) is 1. The van der Waals surface area contributed by atoms with Crippen molar-refractivity contribution in [2.24, 2.45) is 11.0 Å². The maximum Gasteiger partial charge on any atom is 0.354 e. The van der Waals surface area contributed by atoms with Crippen LogP contribution in [-0.4, -0.2) is 26.3 Å². The Labute approximate surface area is 168 Å². The predicted molar refractivity (Wildman–Crippen MR) is 113 cm³/mol. The van der Waals surface area contributed by atoms with Gasteiger partial charge in [-0.2, -0.15) is 18.4 Å². The molecule has 0 amide bonds. The summed E-state index contributed by atoms with van der Waals surface area (Å²) in [7, 11) is -7.29. The fraction of sp³-hybridized carbons (Fsp3) is 0.526. The first-order valence-electron chi connectivity index (χ1n) is 9.16. The van der Waals surface area contributed by atoms with Crippen LogP contribution in [0.15, 0.2) is 46.2 Å². The summed E-state index contributed by atoms with van der Waals surface area (Å²) in [5.74, 6) is 1.20. The zero-order valence-electron chi connectivity index (χ0n) is 17.5. The maximum absolute atomic E-state index is 12.9. The van der Waals surface area contributed by atoms with E-state index in [9.17, 15) is 13.0 Å². The lowest BCUT2D eigenvalue weighted by atomic mass is 10.1. The Balaban J connectivity index is 3.10. The molecule has 0 aliphatic rings. The molecule has 1 rings (SSSR count). The molecule has 0 spiro atoms. The second-order valence-corrected chi connectivity index (χ2v) is 10.7. The first kappa shape index (κ1) is 24.6. The Morgan fingerprint density at radius 3 is 1.96 bits per heavy atom. The third kappa shape index (κ3) is 8.27. The summed E-state index contributed by atoms with van der Waals surface area (Å²) < 4.78 is 48.6. The lowest BCUT2D eigenvalue weighted by molar-refractivity contribution is 0.149. The summed E-state index contributed by atoms with van der Waals surface area (Å²) in [6, 6.07) is 6.45. The van der Waals surface area contributed by atoms with Gasteiger partial charge in [-0.25, -0.2) is 0 Å². The average molecular weight is 431 g/mol. The second-order valence-electron chi connectivity index (χ2n) is 7.26. The molecule has 0 radical (unpaired) electrons. The monoisotopic (exact) mass is 430 g/mol. The van der Waals surface area contributed by atoms with Crippen molar-refractivity contribution in [3.63, 3.8) is 0 Å². The van der Waals surface area contributed by atoms with Gasteiger partial charge in [0, 0.05) is 5.82 Å². The predicted octanol–water partition coefficient (Wildman–Crippen LogP) is 4.84. The number of benzene rings is 1. The number of sulfonamides is 1. The van der Waals surface area contributed by atoms with Crippen molar-refractivity contribution < 1.29 is 22.0 Å². The molecule has 158 valence electrons. The van der Waals surface area contributed by atoms with Crippen LogP contribution in [0.4, 0.5) is 0 Å². The lowest BCUT2D eigenvalue weighted by Crippen LogP contribution is -2.21. The smallest absolute Gasteiger partial charge is 0.303 e. The molecular formula is C19H31N2O5PS. The van der Waals surface area contributed by atoms with Crippen molar-refractivity contribution in [2.75, 3.05) is 0 Å². The van der Waals surface area contributed by atoms with Gasteiger partial charge in [0.05, 0.1) is 22.8 Å². The van der Waals surface area contributed by atoms with Crippen molar-refractivity contribution in [3.05, 3.63) is 41.7 Å². The molecule has 0 heterocycles. The summed E-state index contributed by atoms with van der Waals surface area (Å²) in [6.45, 7) is 12.6. The molecule has 0 saturated carbocycles. The van der Waals surface area contributed by atoms with Gasteiger partial charge in [-0.15, -0.1) is 0 Å². The summed E-state index contributed by atoms with van der Waals surface area (Å²) in [6.07, 6.45) is 0.885. The van der Waals surface area contributed by atoms with Gasteiger partial charge in [0.25, 0.3) is 10.0 Å². The molecule has 0 fully saturated rings. The second kappa shape index (κ2) is 10.3. The topological polar surface area (TPSA) is 94.1 Å². The van der Waals surface area contributed by atoms with Gasteiger partial charge < -0.3 is 9.05 Å². The van der Waals surface area contributed by atoms with Crippen molar-refractivity contribution in [1.82, 2.24) is 4.83 Å². The number of rotatable bonds is 10. The highest BCUT2D eigenvalue weighted by Crippen LogP contribution is 2.52. The van der Waals surface area contributed by atoms with Crippen LogP contribution in [0.3, 0.4) is 0 Å². The first-order chi connectivity index (χ1) is 12.8. The fourth-order valence-corrected chi connectivity index (χ4v) is 4.62. The van der Waals surface area contributed by atoms with Crippen LogP contribution < -0.4 is 4.83 Å². The van der Waals surface area contributed by atoms with Crippen LogP contribution in [0, 0.1) is 12.8 Å². The largest absolute Gasteiger partial charge is 0.354 e. The van der Waals surface area contributed by atoms with Gasteiger partial charge in [0.2, 0.25) is 0 Å². The highest BCUT2D eigenvalue weighted by Gasteiger charge is 2.24. The van der Waals surface area contributed by atoms with Gasteiger partial charge in [0.1, 0.15) is 0 Å². The number of hydrogen-bond acceptors (Lipinski definition) is 6. The van der Waals surface area contributed by atoms with E-state index in [1.807, 2.05) is 20.8 Å². The Morgan fingerprint density at radius 1 is 1.04 bits per heavy atom. The molecule has 1 aromatic carbocycles. The Bertz CT molecular complexity index is 830. The van der Waals surface area contributed by atoms with Gasteiger partial charge >= 0.3 is 7.60 Å². The fourth-order valence-electron chi connectivity index (χ4n) is 2.09. The van der Waals surface area contributed by atoms with E-state index in [1.54, 1.807) is 39.8 Å². The van der Waals surface area contributed by atoms with E-state index < -0.39 is 17.6 Å². The van der Waals surface area contributed by atoms with Crippen molar-refractivity contribution in [1.29, 1.82) is 0 Å². The minimum atomic E-state index is -3.80. The molecule has 0 atom stereocenters. The third-order valence-electron chi connectivity index (χ3n) is 3.36. The van der Waals surface area contributed by atoms with Gasteiger partial charge in [-0.1, -0.05) is 31.5 Å². The van der Waals surface area contributed by atoms with Gasteiger partial charge in [-0.3, -0.25) is 4.57 Å². The zero-order chi connectivity index (χ0) is 21.5. The minimum absolute atomic E-state index is 0.117. The van der Waals surface area contributed by atoms with E-state index >= 15 is 0 Å². The Kier molecular flexibility index (Phi) is 9.08.